The average Bonchev–Trinajstić information content (AvgIpc) is 2.12. The van der Waals surface area contributed by atoms with Gasteiger partial charge in [-0.05, 0) is 18.6 Å². The van der Waals surface area contributed by atoms with E-state index in [1.54, 1.807) is 18.2 Å². The second kappa shape index (κ2) is 2.55. The van der Waals surface area contributed by atoms with Crippen molar-refractivity contribution in [3.63, 3.8) is 0 Å². The summed E-state index contributed by atoms with van der Waals surface area (Å²) in [5.74, 6) is 0. The van der Waals surface area contributed by atoms with E-state index in [4.69, 9.17) is 0 Å². The molecule has 0 amide bonds. The number of aromatic nitrogens is 3. The van der Waals surface area contributed by atoms with Gasteiger partial charge in [0.05, 0.1) is 4.85 Å². The molecule has 0 atom stereocenters. The summed E-state index contributed by atoms with van der Waals surface area (Å²) < 4.78 is 0.573. The van der Waals surface area contributed by atoms with Gasteiger partial charge < -0.3 is 10.4 Å². The van der Waals surface area contributed by atoms with E-state index in [0.717, 1.165) is 11.9 Å². The summed E-state index contributed by atoms with van der Waals surface area (Å²) in [6, 6.07) is 5.01. The Bertz CT molecular complexity index is 470. The van der Waals surface area contributed by atoms with Crippen molar-refractivity contribution in [3.8, 4) is 0 Å². The predicted octanol–water partition coefficient (Wildman–Crippen LogP) is -0.190. The molecule has 1 heterocycles. The van der Waals surface area contributed by atoms with Gasteiger partial charge in [0.15, 0.2) is 0 Å². The fraction of sp³-hybridized carbons (Fsp3) is 0.125. The standard InChI is InChI=1S/C8H7N3O2/c1-6-2-3-7-8(4-6)11(13)9-5-10(7)12/h2-5H,1H3. The molecule has 0 spiro atoms. The third kappa shape index (κ3) is 1.14. The highest BCUT2D eigenvalue weighted by atomic mass is 16.5. The average molecular weight is 177 g/mol. The molecule has 0 saturated heterocycles. The Labute approximate surface area is 74.0 Å². The van der Waals surface area contributed by atoms with Crippen molar-refractivity contribution in [3.05, 3.63) is 40.5 Å². The van der Waals surface area contributed by atoms with Crippen LogP contribution in [0.2, 0.25) is 0 Å². The summed E-state index contributed by atoms with van der Waals surface area (Å²) >= 11 is 0. The van der Waals surface area contributed by atoms with Crippen molar-refractivity contribution in [1.82, 2.24) is 5.10 Å². The lowest BCUT2D eigenvalue weighted by Crippen LogP contribution is -2.40. The van der Waals surface area contributed by atoms with E-state index in [2.05, 4.69) is 5.10 Å². The van der Waals surface area contributed by atoms with Gasteiger partial charge in [-0.3, -0.25) is 0 Å². The van der Waals surface area contributed by atoms with Gasteiger partial charge in [0.25, 0.3) is 0 Å². The van der Waals surface area contributed by atoms with Gasteiger partial charge >= 0.3 is 11.8 Å². The van der Waals surface area contributed by atoms with Crippen molar-refractivity contribution in [2.75, 3.05) is 0 Å². The van der Waals surface area contributed by atoms with E-state index < -0.39 is 0 Å². The first kappa shape index (κ1) is 7.72. The molecule has 0 N–H and O–H groups in total. The minimum atomic E-state index is 0.289. The monoisotopic (exact) mass is 177 g/mol. The van der Waals surface area contributed by atoms with Crippen LogP contribution in [0, 0.1) is 17.3 Å². The Morgan fingerprint density at radius 2 is 2.00 bits per heavy atom. The molecule has 2 aromatic rings. The van der Waals surface area contributed by atoms with Gasteiger partial charge in [0.1, 0.15) is 0 Å². The number of hydrogen-bond donors (Lipinski definition) is 0. The van der Waals surface area contributed by atoms with Crippen molar-refractivity contribution in [1.29, 1.82) is 0 Å². The van der Waals surface area contributed by atoms with Crippen LogP contribution in [-0.2, 0) is 0 Å². The molecule has 0 bridgehead atoms. The van der Waals surface area contributed by atoms with Crippen LogP contribution in [0.4, 0.5) is 0 Å². The van der Waals surface area contributed by atoms with Crippen molar-refractivity contribution in [2.45, 2.75) is 6.92 Å². The molecule has 5 nitrogen and oxygen atoms in total. The molecule has 13 heavy (non-hydrogen) atoms. The highest BCUT2D eigenvalue weighted by Crippen LogP contribution is 2.06. The molecule has 0 aliphatic rings. The van der Waals surface area contributed by atoms with Crippen molar-refractivity contribution >= 4 is 11.0 Å². The Hall–Kier alpha value is -1.91. The molecule has 0 radical (unpaired) electrons. The maximum absolute atomic E-state index is 11.1. The SMILES string of the molecule is Cc1ccc2c(c1)[n+]([O-])nc[n+]2[O-]. The first-order valence-electron chi connectivity index (χ1n) is 3.77. The van der Waals surface area contributed by atoms with Gasteiger partial charge in [0, 0.05) is 6.07 Å². The van der Waals surface area contributed by atoms with Crippen LogP contribution >= 0.6 is 0 Å². The predicted molar refractivity (Wildman–Crippen MR) is 44.4 cm³/mol. The van der Waals surface area contributed by atoms with Gasteiger partial charge in [-0.2, -0.15) is 0 Å². The van der Waals surface area contributed by atoms with Crippen LogP contribution in [0.3, 0.4) is 0 Å². The van der Waals surface area contributed by atoms with Crippen molar-refractivity contribution < 1.29 is 9.58 Å². The van der Waals surface area contributed by atoms with E-state index in [1.165, 1.54) is 0 Å². The topological polar surface area (TPSA) is 66.8 Å². The summed E-state index contributed by atoms with van der Waals surface area (Å²) in [6.07, 6.45) is 0.949. The zero-order chi connectivity index (χ0) is 9.42. The van der Waals surface area contributed by atoms with Crippen LogP contribution in [0.15, 0.2) is 24.5 Å². The zero-order valence-electron chi connectivity index (χ0n) is 6.97. The minimum Gasteiger partial charge on any atom is -0.710 e. The Balaban J connectivity index is 2.92. The maximum Gasteiger partial charge on any atom is 0.365 e. The molecular weight excluding hydrogens is 170 g/mol. The Kier molecular flexibility index (Phi) is 1.51. The van der Waals surface area contributed by atoms with Crippen LogP contribution < -0.4 is 9.58 Å². The van der Waals surface area contributed by atoms with Crippen LogP contribution in [0.1, 0.15) is 5.56 Å². The quantitative estimate of drug-likeness (QED) is 0.413. The van der Waals surface area contributed by atoms with Crippen molar-refractivity contribution in [2.24, 2.45) is 0 Å². The smallest absolute Gasteiger partial charge is 0.365 e. The maximum atomic E-state index is 11.1. The Morgan fingerprint density at radius 3 is 2.77 bits per heavy atom. The van der Waals surface area contributed by atoms with E-state index in [9.17, 15) is 10.4 Å². The first-order chi connectivity index (χ1) is 6.18. The lowest BCUT2D eigenvalue weighted by Gasteiger charge is -2.02. The molecule has 1 aromatic carbocycles. The number of benzene rings is 1. The number of aryl methyl sites for hydroxylation is 1. The summed E-state index contributed by atoms with van der Waals surface area (Å²) in [7, 11) is 0. The third-order valence-electron chi connectivity index (χ3n) is 1.84. The fourth-order valence-corrected chi connectivity index (χ4v) is 1.19. The van der Waals surface area contributed by atoms with Gasteiger partial charge in [-0.15, -0.1) is 0 Å². The second-order valence-corrected chi connectivity index (χ2v) is 2.82. The minimum absolute atomic E-state index is 0.289. The first-order valence-corrected chi connectivity index (χ1v) is 3.77. The molecule has 1 aromatic heterocycles. The van der Waals surface area contributed by atoms with E-state index in [1.807, 2.05) is 6.92 Å². The van der Waals surface area contributed by atoms with Crippen LogP contribution in [0.25, 0.3) is 11.0 Å². The van der Waals surface area contributed by atoms with E-state index >= 15 is 0 Å². The number of hydrogen-bond acceptors (Lipinski definition) is 3. The summed E-state index contributed by atoms with van der Waals surface area (Å²) in [5, 5.41) is 25.6. The lowest BCUT2D eigenvalue weighted by atomic mass is 10.2. The lowest BCUT2D eigenvalue weighted by molar-refractivity contribution is -0.680. The molecule has 0 fully saturated rings. The number of fused-ring (bicyclic) bond motifs is 1. The van der Waals surface area contributed by atoms with Gasteiger partial charge in [-0.25, -0.2) is 4.73 Å². The highest BCUT2D eigenvalue weighted by Gasteiger charge is 2.12. The molecule has 2 rings (SSSR count). The number of rotatable bonds is 0. The molecule has 66 valence electrons. The fourth-order valence-electron chi connectivity index (χ4n) is 1.19. The summed E-state index contributed by atoms with van der Waals surface area (Å²) in [5.41, 5.74) is 1.54. The largest absolute Gasteiger partial charge is 0.710 e. The Morgan fingerprint density at radius 1 is 1.23 bits per heavy atom. The molecule has 0 aliphatic carbocycles. The number of nitrogens with zero attached hydrogens (tertiary/aromatic N) is 3. The van der Waals surface area contributed by atoms with Crippen LogP contribution in [0.5, 0.6) is 0 Å². The van der Waals surface area contributed by atoms with E-state index in [0.29, 0.717) is 15.1 Å². The molecule has 0 saturated carbocycles. The highest BCUT2D eigenvalue weighted by molar-refractivity contribution is 5.68. The molecular formula is C8H7N3O2. The van der Waals surface area contributed by atoms with Gasteiger partial charge in [-0.1, -0.05) is 6.07 Å². The summed E-state index contributed by atoms with van der Waals surface area (Å²) in [4.78, 5) is 0.441. The van der Waals surface area contributed by atoms with Crippen LogP contribution in [-0.4, -0.2) is 5.10 Å². The summed E-state index contributed by atoms with van der Waals surface area (Å²) in [6.45, 7) is 1.85. The second-order valence-electron chi connectivity index (χ2n) is 2.82. The van der Waals surface area contributed by atoms with E-state index in [-0.39, 0.29) is 5.52 Å². The molecule has 0 aliphatic heterocycles. The third-order valence-corrected chi connectivity index (χ3v) is 1.84. The zero-order valence-corrected chi connectivity index (χ0v) is 6.97. The normalized spacial score (nSPS) is 10.5. The van der Waals surface area contributed by atoms with Gasteiger partial charge in [0.2, 0.25) is 10.6 Å². The molecule has 0 unspecified atom stereocenters. The molecule has 5 heteroatoms.